The Labute approximate surface area is 158 Å². The number of amides is 1. The summed E-state index contributed by atoms with van der Waals surface area (Å²) in [4.78, 5) is 24.2. The first kappa shape index (κ1) is 17.9. The monoisotopic (exact) mass is 413 g/mol. The molecule has 26 heavy (non-hydrogen) atoms. The molecule has 0 radical (unpaired) electrons. The summed E-state index contributed by atoms with van der Waals surface area (Å²) in [6.07, 6.45) is 3.09. The van der Waals surface area contributed by atoms with Crippen LogP contribution < -0.4 is 10.1 Å². The Balaban J connectivity index is 1.86. The summed E-state index contributed by atoms with van der Waals surface area (Å²) in [5.41, 5.74) is 1.76. The topological polar surface area (TPSA) is 68.5 Å². The van der Waals surface area contributed by atoms with E-state index in [0.29, 0.717) is 16.7 Å². The van der Waals surface area contributed by atoms with Gasteiger partial charge in [-0.25, -0.2) is 0 Å². The highest BCUT2D eigenvalue weighted by Crippen LogP contribution is 2.33. The average Bonchev–Trinajstić information content (AvgIpc) is 2.98. The zero-order valence-corrected chi connectivity index (χ0v) is 15.8. The zero-order valence-electron chi connectivity index (χ0n) is 14.2. The van der Waals surface area contributed by atoms with Crippen LogP contribution in [0.15, 0.2) is 57.4 Å². The van der Waals surface area contributed by atoms with Gasteiger partial charge in [0.05, 0.1) is 12.8 Å². The Morgan fingerprint density at radius 2 is 1.88 bits per heavy atom. The van der Waals surface area contributed by atoms with E-state index in [4.69, 9.17) is 9.15 Å². The number of nitrogens with one attached hydrogen (secondary N) is 1. The van der Waals surface area contributed by atoms with E-state index in [1.807, 2.05) is 30.3 Å². The van der Waals surface area contributed by atoms with Crippen LogP contribution in [-0.2, 0) is 4.79 Å². The molecule has 1 amide bonds. The largest absolute Gasteiger partial charge is 0.497 e. The van der Waals surface area contributed by atoms with Crippen molar-refractivity contribution in [2.45, 2.75) is 6.92 Å². The Morgan fingerprint density at radius 3 is 2.54 bits per heavy atom. The summed E-state index contributed by atoms with van der Waals surface area (Å²) < 4.78 is 11.5. The minimum absolute atomic E-state index is 0.129. The third-order valence-electron chi connectivity index (χ3n) is 3.76. The van der Waals surface area contributed by atoms with Crippen LogP contribution in [-0.4, -0.2) is 18.8 Å². The van der Waals surface area contributed by atoms with Crippen molar-refractivity contribution in [3.8, 4) is 5.75 Å². The maximum absolute atomic E-state index is 12.3. The fraction of sp³-hybridized carbons (Fsp3) is 0.100. The van der Waals surface area contributed by atoms with Gasteiger partial charge in [0.15, 0.2) is 11.5 Å². The lowest BCUT2D eigenvalue weighted by atomic mass is 10.2. The van der Waals surface area contributed by atoms with Crippen molar-refractivity contribution in [3.05, 3.63) is 64.3 Å². The van der Waals surface area contributed by atoms with Crippen LogP contribution in [0.3, 0.4) is 0 Å². The predicted molar refractivity (Wildman–Crippen MR) is 105 cm³/mol. The van der Waals surface area contributed by atoms with E-state index in [-0.39, 0.29) is 17.5 Å². The summed E-state index contributed by atoms with van der Waals surface area (Å²) in [5.74, 6) is 0.259. The smallest absolute Gasteiger partial charge is 0.248 e. The molecule has 1 heterocycles. The molecule has 0 bridgehead atoms. The molecule has 1 aromatic heterocycles. The van der Waals surface area contributed by atoms with Crippen LogP contribution in [0.25, 0.3) is 17.0 Å². The van der Waals surface area contributed by atoms with Gasteiger partial charge >= 0.3 is 0 Å². The number of halogens is 1. The molecule has 6 heteroatoms. The number of carbonyl (C=O) groups excluding carboxylic acids is 2. The van der Waals surface area contributed by atoms with Crippen LogP contribution in [0.4, 0.5) is 5.69 Å². The Bertz CT molecular complexity index is 1000. The van der Waals surface area contributed by atoms with Crippen LogP contribution in [0.5, 0.6) is 5.75 Å². The second-order valence-electron chi connectivity index (χ2n) is 5.60. The molecular formula is C20H16BrNO4. The van der Waals surface area contributed by atoms with Crippen LogP contribution in [0, 0.1) is 0 Å². The molecule has 0 fully saturated rings. The second-order valence-corrected chi connectivity index (χ2v) is 6.51. The van der Waals surface area contributed by atoms with Gasteiger partial charge in [-0.3, -0.25) is 9.59 Å². The van der Waals surface area contributed by atoms with Gasteiger partial charge in [-0.1, -0.05) is 28.1 Å². The number of ketones is 1. The maximum Gasteiger partial charge on any atom is 0.248 e. The number of rotatable bonds is 5. The van der Waals surface area contributed by atoms with E-state index in [1.54, 1.807) is 25.3 Å². The van der Waals surface area contributed by atoms with Gasteiger partial charge < -0.3 is 14.5 Å². The lowest BCUT2D eigenvalue weighted by Crippen LogP contribution is -2.10. The Hall–Kier alpha value is -2.86. The molecule has 0 aliphatic carbocycles. The van der Waals surface area contributed by atoms with Gasteiger partial charge in [0.25, 0.3) is 0 Å². The van der Waals surface area contributed by atoms with Gasteiger partial charge in [-0.05, 0) is 42.0 Å². The third kappa shape index (κ3) is 3.86. The number of carbonyl (C=O) groups is 2. The fourth-order valence-electron chi connectivity index (χ4n) is 2.49. The highest BCUT2D eigenvalue weighted by molar-refractivity contribution is 9.10. The SMILES string of the molecule is COc1ccc(C=CC(=O)Nc2c(C(C)=O)oc3ccc(Br)cc23)cc1. The maximum atomic E-state index is 12.3. The molecule has 0 aliphatic heterocycles. The lowest BCUT2D eigenvalue weighted by molar-refractivity contribution is -0.111. The van der Waals surface area contributed by atoms with E-state index in [0.717, 1.165) is 15.8 Å². The van der Waals surface area contributed by atoms with Gasteiger partial charge in [0, 0.05) is 22.9 Å². The van der Waals surface area contributed by atoms with Crippen molar-refractivity contribution in [1.29, 1.82) is 0 Å². The zero-order chi connectivity index (χ0) is 18.7. The number of hydrogen-bond donors (Lipinski definition) is 1. The average molecular weight is 414 g/mol. The van der Waals surface area contributed by atoms with Gasteiger partial charge in [0.1, 0.15) is 11.3 Å². The highest BCUT2D eigenvalue weighted by Gasteiger charge is 2.19. The molecule has 0 saturated heterocycles. The van der Waals surface area contributed by atoms with Crippen molar-refractivity contribution in [3.63, 3.8) is 0 Å². The molecule has 3 aromatic rings. The summed E-state index contributed by atoms with van der Waals surface area (Å²) in [6.45, 7) is 1.40. The Morgan fingerprint density at radius 1 is 1.15 bits per heavy atom. The highest BCUT2D eigenvalue weighted by atomic mass is 79.9. The predicted octanol–water partition coefficient (Wildman–Crippen LogP) is 5.06. The molecule has 0 atom stereocenters. The summed E-state index contributed by atoms with van der Waals surface area (Å²) in [7, 11) is 1.60. The van der Waals surface area contributed by atoms with E-state index in [1.165, 1.54) is 13.0 Å². The molecular weight excluding hydrogens is 398 g/mol. The van der Waals surface area contributed by atoms with Crippen molar-refractivity contribution in [1.82, 2.24) is 0 Å². The number of benzene rings is 2. The Kier molecular flexibility index (Phi) is 5.23. The summed E-state index contributed by atoms with van der Waals surface area (Å²) >= 11 is 3.39. The first-order valence-corrected chi connectivity index (χ1v) is 8.63. The molecule has 5 nitrogen and oxygen atoms in total. The van der Waals surface area contributed by atoms with Gasteiger partial charge in [0.2, 0.25) is 5.91 Å². The number of anilines is 1. The first-order valence-electron chi connectivity index (χ1n) is 7.84. The minimum Gasteiger partial charge on any atom is -0.497 e. The number of ether oxygens (including phenoxy) is 1. The molecule has 0 unspecified atom stereocenters. The first-order chi connectivity index (χ1) is 12.5. The molecule has 132 valence electrons. The second kappa shape index (κ2) is 7.58. The van der Waals surface area contributed by atoms with Crippen molar-refractivity contribution < 1.29 is 18.7 Å². The van der Waals surface area contributed by atoms with E-state index >= 15 is 0 Å². The van der Waals surface area contributed by atoms with Gasteiger partial charge in [-0.15, -0.1) is 0 Å². The molecule has 2 aromatic carbocycles. The van der Waals surface area contributed by atoms with Crippen LogP contribution in [0.2, 0.25) is 0 Å². The van der Waals surface area contributed by atoms with E-state index < -0.39 is 0 Å². The number of fused-ring (bicyclic) bond motifs is 1. The standard InChI is InChI=1S/C20H16BrNO4/c1-12(23)20-19(16-11-14(21)6-9-17(16)26-20)22-18(24)10-5-13-3-7-15(25-2)8-4-13/h3-11H,1-2H3,(H,22,24). The molecule has 1 N–H and O–H groups in total. The van der Waals surface area contributed by atoms with Crippen molar-refractivity contribution in [2.24, 2.45) is 0 Å². The third-order valence-corrected chi connectivity index (χ3v) is 4.25. The number of hydrogen-bond acceptors (Lipinski definition) is 4. The number of methoxy groups -OCH3 is 1. The summed E-state index contributed by atoms with van der Waals surface area (Å²) in [5, 5.41) is 3.41. The minimum atomic E-state index is -0.356. The summed E-state index contributed by atoms with van der Waals surface area (Å²) in [6, 6.07) is 12.7. The van der Waals surface area contributed by atoms with E-state index in [2.05, 4.69) is 21.2 Å². The molecule has 0 aliphatic rings. The molecule has 0 spiro atoms. The van der Waals surface area contributed by atoms with Crippen LogP contribution in [0.1, 0.15) is 23.0 Å². The lowest BCUT2D eigenvalue weighted by Gasteiger charge is -2.02. The van der Waals surface area contributed by atoms with Crippen molar-refractivity contribution >= 4 is 50.4 Å². The van der Waals surface area contributed by atoms with Crippen molar-refractivity contribution in [2.75, 3.05) is 12.4 Å². The molecule has 3 rings (SSSR count). The molecule has 0 saturated carbocycles. The van der Waals surface area contributed by atoms with Gasteiger partial charge in [-0.2, -0.15) is 0 Å². The van der Waals surface area contributed by atoms with E-state index in [9.17, 15) is 9.59 Å². The number of Topliss-reactive ketones (excluding diaryl/α,β-unsaturated/α-hetero) is 1. The fourth-order valence-corrected chi connectivity index (χ4v) is 2.85. The normalized spacial score (nSPS) is 11.0. The quantitative estimate of drug-likeness (QED) is 0.468. The number of furan rings is 1. The van der Waals surface area contributed by atoms with Crippen LogP contribution >= 0.6 is 15.9 Å².